The molecule has 0 unspecified atom stereocenters. The van der Waals surface area contributed by atoms with Crippen LogP contribution in [0.25, 0.3) is 11.0 Å². The van der Waals surface area contributed by atoms with Crippen molar-refractivity contribution in [1.29, 1.82) is 0 Å². The van der Waals surface area contributed by atoms with Crippen LogP contribution in [-0.4, -0.2) is 16.1 Å². The minimum Gasteiger partial charge on any atom is -0.450 e. The van der Waals surface area contributed by atoms with Gasteiger partial charge in [-0.1, -0.05) is 53.3 Å². The van der Waals surface area contributed by atoms with Crippen LogP contribution < -0.4 is 10.3 Å². The van der Waals surface area contributed by atoms with E-state index in [1.165, 1.54) is 16.2 Å². The zero-order valence-electron chi connectivity index (χ0n) is 13.6. The molecule has 1 amide bonds. The number of halogens is 1. The molecule has 1 aliphatic rings. The number of carbonyl (C=O) groups excluding carboxylic acids is 1. The van der Waals surface area contributed by atoms with E-state index in [9.17, 15) is 9.59 Å². The lowest BCUT2D eigenvalue weighted by molar-refractivity contribution is 0.0970. The predicted molar refractivity (Wildman–Crippen MR) is 102 cm³/mol. The van der Waals surface area contributed by atoms with E-state index in [0.29, 0.717) is 21.1 Å². The summed E-state index contributed by atoms with van der Waals surface area (Å²) < 4.78 is 5.84. The lowest BCUT2D eigenvalue weighted by Gasteiger charge is -2.21. The van der Waals surface area contributed by atoms with Gasteiger partial charge in [0.2, 0.25) is 10.9 Å². The minimum absolute atomic E-state index is 0.0267. The van der Waals surface area contributed by atoms with E-state index in [0.717, 1.165) is 5.56 Å². The van der Waals surface area contributed by atoms with Crippen LogP contribution in [0.15, 0.2) is 63.3 Å². The average Bonchev–Trinajstić information content (AvgIpc) is 3.30. The van der Waals surface area contributed by atoms with Crippen molar-refractivity contribution in [2.24, 2.45) is 0 Å². The zero-order chi connectivity index (χ0) is 18.5. The second kappa shape index (κ2) is 6.00. The van der Waals surface area contributed by atoms with Gasteiger partial charge in [-0.25, -0.2) is 0 Å². The second-order valence-electron chi connectivity index (χ2n) is 6.02. The lowest BCUT2D eigenvalue weighted by Crippen LogP contribution is -2.29. The molecule has 0 aliphatic carbocycles. The van der Waals surface area contributed by atoms with Gasteiger partial charge >= 0.3 is 0 Å². The molecule has 4 aromatic rings. The van der Waals surface area contributed by atoms with Crippen LogP contribution in [0.2, 0.25) is 5.02 Å². The summed E-state index contributed by atoms with van der Waals surface area (Å²) in [7, 11) is 0. The van der Waals surface area contributed by atoms with Crippen LogP contribution in [0.3, 0.4) is 0 Å². The fraction of sp³-hybridized carbons (Fsp3) is 0.0526. The molecule has 0 bridgehead atoms. The first-order valence-corrected chi connectivity index (χ1v) is 9.32. The highest BCUT2D eigenvalue weighted by molar-refractivity contribution is 7.13. The molecule has 8 heteroatoms. The van der Waals surface area contributed by atoms with Gasteiger partial charge in [-0.2, -0.15) is 0 Å². The Morgan fingerprint density at radius 1 is 1.11 bits per heavy atom. The van der Waals surface area contributed by atoms with Crippen LogP contribution in [0.4, 0.5) is 5.13 Å². The van der Waals surface area contributed by atoms with Gasteiger partial charge in [-0.05, 0) is 23.8 Å². The number of hydrogen-bond acceptors (Lipinski definition) is 6. The fourth-order valence-corrected chi connectivity index (χ4v) is 4.12. The SMILES string of the molecule is O=C1c2oc3ccc(Cl)cc3c(=O)c2[C@@H](c2ccccc2)N1c1nncs1. The van der Waals surface area contributed by atoms with Gasteiger partial charge in [-0.3, -0.25) is 14.5 Å². The maximum atomic E-state index is 13.3. The van der Waals surface area contributed by atoms with Gasteiger partial charge in [0.15, 0.2) is 5.43 Å². The van der Waals surface area contributed by atoms with Gasteiger partial charge in [0.05, 0.1) is 17.0 Å². The third kappa shape index (κ3) is 2.39. The average molecular weight is 396 g/mol. The molecule has 0 radical (unpaired) electrons. The highest BCUT2D eigenvalue weighted by Crippen LogP contribution is 2.41. The maximum Gasteiger partial charge on any atom is 0.297 e. The van der Waals surface area contributed by atoms with E-state index in [2.05, 4.69) is 10.2 Å². The van der Waals surface area contributed by atoms with Gasteiger partial charge in [0.1, 0.15) is 11.1 Å². The number of hydrogen-bond donors (Lipinski definition) is 0. The number of benzene rings is 2. The molecule has 0 N–H and O–H groups in total. The number of anilines is 1. The first-order chi connectivity index (χ1) is 13.1. The molecule has 0 fully saturated rings. The van der Waals surface area contributed by atoms with E-state index in [-0.39, 0.29) is 16.8 Å². The van der Waals surface area contributed by atoms with E-state index < -0.39 is 11.9 Å². The van der Waals surface area contributed by atoms with Crippen molar-refractivity contribution in [3.05, 3.63) is 86.2 Å². The smallest absolute Gasteiger partial charge is 0.297 e. The summed E-state index contributed by atoms with van der Waals surface area (Å²) >= 11 is 7.28. The molecule has 0 spiro atoms. The van der Waals surface area contributed by atoms with Gasteiger partial charge in [0.25, 0.3) is 5.91 Å². The normalized spacial score (nSPS) is 16.1. The molecule has 27 heavy (non-hydrogen) atoms. The standard InChI is InChI=1S/C19H10ClN3O3S/c20-11-6-7-13-12(8-11)16(24)14-15(10-4-2-1-3-5-10)23(18(25)17(14)26-13)19-22-21-9-27-19/h1-9,15H/t15-/m1/s1. The van der Waals surface area contributed by atoms with Crippen LogP contribution in [0, 0.1) is 0 Å². The molecule has 2 aromatic heterocycles. The largest absolute Gasteiger partial charge is 0.450 e. The predicted octanol–water partition coefficient (Wildman–Crippen LogP) is 4.05. The number of rotatable bonds is 2. The third-order valence-electron chi connectivity index (χ3n) is 4.50. The Morgan fingerprint density at radius 3 is 2.67 bits per heavy atom. The Labute approximate surface area is 161 Å². The Morgan fingerprint density at radius 2 is 1.93 bits per heavy atom. The van der Waals surface area contributed by atoms with Crippen molar-refractivity contribution in [2.75, 3.05) is 4.90 Å². The van der Waals surface area contributed by atoms with E-state index in [4.69, 9.17) is 16.0 Å². The Balaban J connectivity index is 1.85. The third-order valence-corrected chi connectivity index (χ3v) is 5.43. The number of fused-ring (bicyclic) bond motifs is 2. The zero-order valence-corrected chi connectivity index (χ0v) is 15.2. The number of amides is 1. The highest BCUT2D eigenvalue weighted by atomic mass is 35.5. The second-order valence-corrected chi connectivity index (χ2v) is 7.27. The van der Waals surface area contributed by atoms with Gasteiger partial charge < -0.3 is 4.42 Å². The van der Waals surface area contributed by atoms with E-state index >= 15 is 0 Å². The number of aromatic nitrogens is 2. The van der Waals surface area contributed by atoms with Gasteiger partial charge in [0, 0.05) is 5.02 Å². The lowest BCUT2D eigenvalue weighted by atomic mass is 9.99. The van der Waals surface area contributed by atoms with Crippen molar-refractivity contribution < 1.29 is 9.21 Å². The highest BCUT2D eigenvalue weighted by Gasteiger charge is 2.44. The van der Waals surface area contributed by atoms with Crippen LogP contribution >= 0.6 is 22.9 Å². The summed E-state index contributed by atoms with van der Waals surface area (Å²) in [6, 6.07) is 13.5. The Bertz CT molecular complexity index is 1240. The molecular weight excluding hydrogens is 386 g/mol. The van der Waals surface area contributed by atoms with Crippen molar-refractivity contribution in [1.82, 2.24) is 10.2 Å². The van der Waals surface area contributed by atoms with E-state index in [1.54, 1.807) is 23.7 Å². The molecule has 0 saturated heterocycles. The Hall–Kier alpha value is -3.03. The molecule has 2 aromatic carbocycles. The van der Waals surface area contributed by atoms with Gasteiger partial charge in [-0.15, -0.1) is 10.2 Å². The van der Waals surface area contributed by atoms with Crippen molar-refractivity contribution in [2.45, 2.75) is 6.04 Å². The molecule has 6 nitrogen and oxygen atoms in total. The molecule has 0 saturated carbocycles. The summed E-state index contributed by atoms with van der Waals surface area (Å²) in [4.78, 5) is 27.9. The maximum absolute atomic E-state index is 13.3. The summed E-state index contributed by atoms with van der Waals surface area (Å²) in [6.45, 7) is 0. The first-order valence-electron chi connectivity index (χ1n) is 8.06. The molecule has 3 heterocycles. The molecular formula is C19H10ClN3O3S. The fourth-order valence-electron chi connectivity index (χ4n) is 3.37. The topological polar surface area (TPSA) is 76.3 Å². The van der Waals surface area contributed by atoms with Crippen LogP contribution in [0.5, 0.6) is 0 Å². The monoisotopic (exact) mass is 395 g/mol. The van der Waals surface area contributed by atoms with Crippen molar-refractivity contribution in [3.63, 3.8) is 0 Å². The number of nitrogens with zero attached hydrogens (tertiary/aromatic N) is 3. The quantitative estimate of drug-likeness (QED) is 0.511. The summed E-state index contributed by atoms with van der Waals surface area (Å²) in [5, 5.41) is 9.03. The Kier molecular flexibility index (Phi) is 3.60. The summed E-state index contributed by atoms with van der Waals surface area (Å²) in [6.07, 6.45) is 0. The van der Waals surface area contributed by atoms with Crippen molar-refractivity contribution >= 4 is 44.9 Å². The summed E-state index contributed by atoms with van der Waals surface area (Å²) in [5.41, 5.74) is 2.66. The molecule has 1 aliphatic heterocycles. The van der Waals surface area contributed by atoms with Crippen molar-refractivity contribution in [3.8, 4) is 0 Å². The molecule has 132 valence electrons. The summed E-state index contributed by atoms with van der Waals surface area (Å²) in [5.74, 6) is -0.386. The number of carbonyl (C=O) groups is 1. The first kappa shape index (κ1) is 16.2. The molecule has 5 rings (SSSR count). The minimum atomic E-state index is -0.638. The molecule has 1 atom stereocenters. The van der Waals surface area contributed by atoms with Crippen LogP contribution in [0.1, 0.15) is 27.7 Å². The van der Waals surface area contributed by atoms with E-state index in [1.807, 2.05) is 30.3 Å². The van der Waals surface area contributed by atoms with Crippen LogP contribution in [-0.2, 0) is 0 Å².